The molecule has 2 N–H and O–H groups in total. The van der Waals surface area contributed by atoms with Crippen molar-refractivity contribution >= 4 is 39.2 Å². The number of benzene rings is 2. The number of carbonyl (C=O) groups is 2. The summed E-state index contributed by atoms with van der Waals surface area (Å²) in [7, 11) is -3.99. The molecular weight excluding hydrogens is 592 g/mol. The lowest BCUT2D eigenvalue weighted by atomic mass is 9.70. The Labute approximate surface area is 258 Å². The van der Waals surface area contributed by atoms with Crippen LogP contribution in [0.4, 0.5) is 5.69 Å². The van der Waals surface area contributed by atoms with Gasteiger partial charge in [0.2, 0.25) is 10.0 Å². The maximum atomic E-state index is 13.3. The van der Waals surface area contributed by atoms with E-state index in [1.807, 2.05) is 24.3 Å². The van der Waals surface area contributed by atoms with Crippen LogP contribution in [-0.2, 0) is 32.6 Å². The molecular formula is C32H39ClN2O7S. The molecule has 0 saturated heterocycles. The fourth-order valence-corrected chi connectivity index (χ4v) is 7.80. The van der Waals surface area contributed by atoms with Gasteiger partial charge in [-0.3, -0.25) is 4.79 Å². The van der Waals surface area contributed by atoms with E-state index in [0.29, 0.717) is 36.9 Å². The number of amides is 1. The van der Waals surface area contributed by atoms with E-state index in [1.165, 1.54) is 0 Å². The fraction of sp³-hybridized carbons (Fsp3) is 0.500. The zero-order valence-corrected chi connectivity index (χ0v) is 25.9. The highest BCUT2D eigenvalue weighted by molar-refractivity contribution is 7.90. The number of nitrogens with zero attached hydrogens (tertiary/aromatic N) is 1. The standard InChI is InChI=1S/C32H39ClN2O7S/c1-2-26-7-5-8-29(42-20-31(36)37)27-13-10-23(27)18-35-15-4-3-6-21-16-25(33)12-9-24(21)19-41-30-14-11-22(17-28(30)35)32(38)34-43(26,39)40/h5,8-9,11-12,14,16-17,23,26-27,29H,2-4,6-7,10,13,15,18-20H2,1H3,(H,34,38)(H,36,37)/b8-5+/t23-,26+,27+,29-/m0/s1. The Hall–Kier alpha value is -3.08. The number of hydrogen-bond acceptors (Lipinski definition) is 7. The number of carboxylic acids is 1. The number of allylic oxidation sites excluding steroid dienone is 1. The Bertz CT molecular complexity index is 1480. The van der Waals surface area contributed by atoms with Crippen molar-refractivity contribution < 1.29 is 32.6 Å². The summed E-state index contributed by atoms with van der Waals surface area (Å²) in [6.45, 7) is 3.03. The minimum atomic E-state index is -3.99. The van der Waals surface area contributed by atoms with Crippen LogP contribution >= 0.6 is 11.6 Å². The van der Waals surface area contributed by atoms with E-state index in [1.54, 1.807) is 31.2 Å². The molecule has 0 unspecified atom stereocenters. The number of carboxylic acid groups (broad SMARTS) is 1. The van der Waals surface area contributed by atoms with Gasteiger partial charge in [-0.1, -0.05) is 36.7 Å². The minimum Gasteiger partial charge on any atom is -0.487 e. The number of nitrogens with one attached hydrogen (secondary N) is 1. The molecule has 1 saturated carbocycles. The van der Waals surface area contributed by atoms with E-state index < -0.39 is 39.9 Å². The third-order valence-corrected chi connectivity index (χ3v) is 11.0. The Balaban J connectivity index is 1.54. The lowest BCUT2D eigenvalue weighted by Crippen LogP contribution is -2.44. The highest BCUT2D eigenvalue weighted by Crippen LogP contribution is 2.42. The average Bonchev–Trinajstić information content (AvgIpc) is 2.98. The second kappa shape index (κ2) is 13.7. The predicted molar refractivity (Wildman–Crippen MR) is 165 cm³/mol. The van der Waals surface area contributed by atoms with Gasteiger partial charge in [0.1, 0.15) is 19.0 Å². The third kappa shape index (κ3) is 7.53. The van der Waals surface area contributed by atoms with Crippen molar-refractivity contribution in [2.45, 2.75) is 69.8 Å². The molecule has 9 nitrogen and oxygen atoms in total. The fourth-order valence-electron chi connectivity index (χ4n) is 6.25. The summed E-state index contributed by atoms with van der Waals surface area (Å²) in [5.41, 5.74) is 3.16. The first-order chi connectivity index (χ1) is 20.6. The highest BCUT2D eigenvalue weighted by atomic mass is 35.5. The molecule has 2 aromatic rings. The molecule has 2 heterocycles. The first-order valence-electron chi connectivity index (χ1n) is 15.0. The average molecular weight is 631 g/mol. The molecule has 0 radical (unpaired) electrons. The van der Waals surface area contributed by atoms with Gasteiger partial charge in [0.05, 0.1) is 17.0 Å². The number of halogens is 1. The van der Waals surface area contributed by atoms with Gasteiger partial charge in [0, 0.05) is 23.7 Å². The SMILES string of the molecule is CC[C@@H]1C/C=C/[C@H](OCC(=O)O)[C@@H]2CC[C@H]2CN2CCCCc3cc(Cl)ccc3COc3ccc(cc32)C(=O)NS1(=O)=O. The van der Waals surface area contributed by atoms with Gasteiger partial charge in [-0.05, 0) is 98.2 Å². The maximum absolute atomic E-state index is 13.3. The second-order valence-corrected chi connectivity index (χ2v) is 14.0. The number of fused-ring (bicyclic) bond motifs is 3. The number of aliphatic carboxylic acids is 1. The van der Waals surface area contributed by atoms with Gasteiger partial charge >= 0.3 is 5.97 Å². The first kappa shape index (κ1) is 31.3. The summed E-state index contributed by atoms with van der Waals surface area (Å²) in [4.78, 5) is 26.9. The van der Waals surface area contributed by atoms with E-state index in [-0.39, 0.29) is 23.8 Å². The van der Waals surface area contributed by atoms with Crippen LogP contribution in [0.25, 0.3) is 0 Å². The highest BCUT2D eigenvalue weighted by Gasteiger charge is 2.38. The van der Waals surface area contributed by atoms with E-state index in [0.717, 1.165) is 48.9 Å². The van der Waals surface area contributed by atoms with Crippen molar-refractivity contribution in [3.8, 4) is 5.75 Å². The molecule has 5 rings (SSSR count). The van der Waals surface area contributed by atoms with E-state index >= 15 is 0 Å². The molecule has 1 fully saturated rings. The summed E-state index contributed by atoms with van der Waals surface area (Å²) in [5.74, 6) is -0.837. The number of aryl methyl sites for hydroxylation is 1. The van der Waals surface area contributed by atoms with E-state index in [2.05, 4.69) is 9.62 Å². The van der Waals surface area contributed by atoms with Gasteiger partial charge < -0.3 is 19.5 Å². The molecule has 2 aliphatic heterocycles. The van der Waals surface area contributed by atoms with Crippen molar-refractivity contribution in [2.24, 2.45) is 11.8 Å². The van der Waals surface area contributed by atoms with Crippen LogP contribution in [0.5, 0.6) is 5.75 Å². The zero-order valence-electron chi connectivity index (χ0n) is 24.3. The molecule has 1 aliphatic carbocycles. The van der Waals surface area contributed by atoms with Crippen LogP contribution in [0, 0.1) is 11.8 Å². The molecule has 4 atom stereocenters. The molecule has 232 valence electrons. The van der Waals surface area contributed by atoms with Gasteiger partial charge in [-0.2, -0.15) is 0 Å². The largest absolute Gasteiger partial charge is 0.487 e. The molecule has 2 aromatic carbocycles. The number of carbonyl (C=O) groups excluding carboxylic acids is 1. The van der Waals surface area contributed by atoms with Gasteiger partial charge in [0.25, 0.3) is 5.91 Å². The van der Waals surface area contributed by atoms with Crippen LogP contribution in [0.3, 0.4) is 0 Å². The summed E-state index contributed by atoms with van der Waals surface area (Å²) in [6, 6.07) is 10.9. The van der Waals surface area contributed by atoms with E-state index in [9.17, 15) is 23.1 Å². The van der Waals surface area contributed by atoms with Crippen LogP contribution in [0.2, 0.25) is 5.02 Å². The second-order valence-electron chi connectivity index (χ2n) is 11.6. The molecule has 43 heavy (non-hydrogen) atoms. The summed E-state index contributed by atoms with van der Waals surface area (Å²) in [6.07, 6.45) is 8.08. The molecule has 11 heteroatoms. The Morgan fingerprint density at radius 3 is 2.74 bits per heavy atom. The van der Waals surface area contributed by atoms with Gasteiger partial charge in [-0.25, -0.2) is 17.9 Å². The van der Waals surface area contributed by atoms with Gasteiger partial charge in [-0.15, -0.1) is 0 Å². The van der Waals surface area contributed by atoms with Crippen molar-refractivity contribution in [3.63, 3.8) is 0 Å². The smallest absolute Gasteiger partial charge is 0.329 e. The topological polar surface area (TPSA) is 122 Å². The molecule has 2 bridgehead atoms. The Kier molecular flexibility index (Phi) is 9.99. The number of rotatable bonds is 4. The monoisotopic (exact) mass is 630 g/mol. The quantitative estimate of drug-likeness (QED) is 0.433. The number of ether oxygens (including phenoxy) is 2. The number of hydrogen-bond donors (Lipinski definition) is 2. The van der Waals surface area contributed by atoms with Crippen LogP contribution in [0.15, 0.2) is 48.6 Å². The molecule has 3 aliphatic rings. The van der Waals surface area contributed by atoms with Crippen LogP contribution < -0.4 is 14.4 Å². The van der Waals surface area contributed by atoms with Crippen LogP contribution in [0.1, 0.15) is 66.9 Å². The molecule has 0 aromatic heterocycles. The van der Waals surface area contributed by atoms with Crippen LogP contribution in [-0.4, -0.2) is 56.5 Å². The van der Waals surface area contributed by atoms with E-state index in [4.69, 9.17) is 21.1 Å². The maximum Gasteiger partial charge on any atom is 0.329 e. The lowest BCUT2D eigenvalue weighted by molar-refractivity contribution is -0.145. The summed E-state index contributed by atoms with van der Waals surface area (Å²) < 4.78 is 41.0. The Morgan fingerprint density at radius 2 is 2.00 bits per heavy atom. The zero-order chi connectivity index (χ0) is 30.6. The van der Waals surface area contributed by atoms with Crippen molar-refractivity contribution in [2.75, 3.05) is 24.6 Å². The molecule has 0 spiro atoms. The lowest BCUT2D eigenvalue weighted by Gasteiger charge is -2.43. The molecule has 1 amide bonds. The Morgan fingerprint density at radius 1 is 1.16 bits per heavy atom. The number of sulfonamides is 1. The van der Waals surface area contributed by atoms with Gasteiger partial charge in [0.15, 0.2) is 0 Å². The van der Waals surface area contributed by atoms with Crippen molar-refractivity contribution in [1.29, 1.82) is 0 Å². The normalized spacial score (nSPS) is 26.5. The minimum absolute atomic E-state index is 0.0781. The summed E-state index contributed by atoms with van der Waals surface area (Å²) >= 11 is 6.30. The van der Waals surface area contributed by atoms with Crippen molar-refractivity contribution in [3.05, 3.63) is 70.3 Å². The van der Waals surface area contributed by atoms with Crippen molar-refractivity contribution in [1.82, 2.24) is 4.72 Å². The first-order valence-corrected chi connectivity index (χ1v) is 16.9. The summed E-state index contributed by atoms with van der Waals surface area (Å²) in [5, 5.41) is 9.16. The number of anilines is 1. The third-order valence-electron chi connectivity index (χ3n) is 8.84. The predicted octanol–water partition coefficient (Wildman–Crippen LogP) is 5.36.